The maximum Gasteiger partial charge on any atom is 0.190 e. The Hall–Kier alpha value is -2.23. The molecule has 0 bridgehead atoms. The first kappa shape index (κ1) is 38.1. The highest BCUT2D eigenvalue weighted by Gasteiger charge is 2.62. The van der Waals surface area contributed by atoms with E-state index in [4.69, 9.17) is 37.9 Å². The summed E-state index contributed by atoms with van der Waals surface area (Å²) in [5.74, 6) is -1.35. The molecule has 4 heterocycles. The van der Waals surface area contributed by atoms with Gasteiger partial charge in [-0.2, -0.15) is 0 Å². The zero-order chi connectivity index (χ0) is 36.7. The number of alkyl halides is 1. The number of halogens is 1. The lowest BCUT2D eigenvalue weighted by Gasteiger charge is -2.34. The van der Waals surface area contributed by atoms with Crippen molar-refractivity contribution in [3.63, 3.8) is 0 Å². The van der Waals surface area contributed by atoms with Gasteiger partial charge in [0, 0.05) is 4.43 Å². The molecule has 1 N–H and O–H groups in total. The van der Waals surface area contributed by atoms with Crippen molar-refractivity contribution < 1.29 is 43.0 Å². The molecule has 10 heteroatoms. The van der Waals surface area contributed by atoms with Crippen LogP contribution in [0.1, 0.15) is 65.5 Å². The highest BCUT2D eigenvalue weighted by Crippen LogP contribution is 2.47. The summed E-state index contributed by atoms with van der Waals surface area (Å²) in [7, 11) is 0. The van der Waals surface area contributed by atoms with Crippen molar-refractivity contribution in [1.29, 1.82) is 0 Å². The second kappa shape index (κ2) is 15.1. The van der Waals surface area contributed by atoms with E-state index in [0.717, 1.165) is 22.0 Å². The number of rotatable bonds is 10. The van der Waals surface area contributed by atoms with E-state index in [2.05, 4.69) is 102 Å². The average Bonchev–Trinajstić information content (AvgIpc) is 3.80. The van der Waals surface area contributed by atoms with E-state index >= 15 is 0 Å². The minimum atomic E-state index is -0.803. The minimum Gasteiger partial charge on any atom is -0.393 e. The Labute approximate surface area is 320 Å². The number of fused-ring (bicyclic) bond motifs is 4. The third kappa shape index (κ3) is 7.53. The Morgan fingerprint density at radius 1 is 0.577 bits per heavy atom. The van der Waals surface area contributed by atoms with Crippen molar-refractivity contribution in [3.8, 4) is 0 Å². The lowest BCUT2D eigenvalue weighted by molar-refractivity contribution is -0.252. The quantitative estimate of drug-likeness (QED) is 0.126. The zero-order valence-electron chi connectivity index (χ0n) is 30.9. The molecule has 0 unspecified atom stereocenters. The number of aliphatic hydroxyl groups is 1. The van der Waals surface area contributed by atoms with Crippen molar-refractivity contribution in [1.82, 2.24) is 0 Å². The summed E-state index contributed by atoms with van der Waals surface area (Å²) in [6.45, 7) is 12.5. The number of ether oxygens (including phenoxy) is 8. The third-order valence-electron chi connectivity index (χ3n) is 10.7. The van der Waals surface area contributed by atoms with Crippen LogP contribution in [0.4, 0.5) is 0 Å². The maximum atomic E-state index is 9.99. The first-order chi connectivity index (χ1) is 24.9. The van der Waals surface area contributed by atoms with E-state index in [-0.39, 0.29) is 36.8 Å². The van der Waals surface area contributed by atoms with Gasteiger partial charge in [-0.25, -0.2) is 0 Å². The summed E-state index contributed by atoms with van der Waals surface area (Å²) in [5, 5.41) is 14.8. The number of hydrogen-bond acceptors (Lipinski definition) is 9. The van der Waals surface area contributed by atoms with E-state index in [9.17, 15) is 5.11 Å². The van der Waals surface area contributed by atoms with Gasteiger partial charge in [0.05, 0.1) is 19.8 Å². The van der Waals surface area contributed by atoms with E-state index in [0.29, 0.717) is 19.6 Å². The third-order valence-corrected chi connectivity index (χ3v) is 12.0. The number of benzene rings is 4. The molecule has 4 saturated heterocycles. The summed E-state index contributed by atoms with van der Waals surface area (Å²) in [6.07, 6.45) is -0.485. The maximum absolute atomic E-state index is 9.99. The molecule has 4 aromatic carbocycles. The van der Waals surface area contributed by atoms with Crippen LogP contribution in [0, 0.1) is 0 Å². The van der Waals surface area contributed by atoms with E-state index in [1.54, 1.807) is 0 Å². The van der Waals surface area contributed by atoms with Gasteiger partial charge in [0.15, 0.2) is 24.2 Å². The molecule has 0 saturated carbocycles. The van der Waals surface area contributed by atoms with Crippen LogP contribution < -0.4 is 0 Å². The van der Waals surface area contributed by atoms with Gasteiger partial charge < -0.3 is 43.0 Å². The highest BCUT2D eigenvalue weighted by atomic mass is 127. The van der Waals surface area contributed by atoms with Gasteiger partial charge in [0.1, 0.15) is 35.6 Å². The molecular weight excluding hydrogens is 775 g/mol. The fourth-order valence-corrected chi connectivity index (χ4v) is 8.99. The van der Waals surface area contributed by atoms with Crippen LogP contribution in [0.15, 0.2) is 84.9 Å². The van der Waals surface area contributed by atoms with Crippen LogP contribution in [0.2, 0.25) is 0 Å². The molecule has 9 nitrogen and oxygen atoms in total. The van der Waals surface area contributed by atoms with Crippen LogP contribution in [-0.4, -0.2) is 75.9 Å². The Morgan fingerprint density at radius 2 is 1.00 bits per heavy atom. The molecule has 0 aliphatic carbocycles. The van der Waals surface area contributed by atoms with Crippen molar-refractivity contribution in [2.75, 3.05) is 11.0 Å². The van der Waals surface area contributed by atoms with Gasteiger partial charge >= 0.3 is 0 Å². The SMILES string of the molecule is CC[C@@]1(CI)O[C@@H]2OC(C)(C)O[C@@H]2[C@@H]1OCc1ccc2ccccc2c1.CC[C@@]1(CO)O[C@@H]2OC(C)(C)O[C@@H]2[C@@H]1OCc1ccc2ccccc2c1. The van der Waals surface area contributed by atoms with Crippen molar-refractivity contribution in [2.45, 2.75) is 127 Å². The molecular formula is C42H51IO9. The van der Waals surface area contributed by atoms with Gasteiger partial charge in [-0.3, -0.25) is 0 Å². The van der Waals surface area contributed by atoms with Crippen LogP contribution in [0.3, 0.4) is 0 Å². The van der Waals surface area contributed by atoms with Gasteiger partial charge in [-0.15, -0.1) is 0 Å². The van der Waals surface area contributed by atoms with Crippen LogP contribution >= 0.6 is 22.6 Å². The summed E-state index contributed by atoms with van der Waals surface area (Å²) in [5.41, 5.74) is 1.06. The monoisotopic (exact) mass is 826 g/mol. The normalized spacial score (nSPS) is 32.8. The van der Waals surface area contributed by atoms with E-state index in [1.807, 2.05) is 46.8 Å². The first-order valence-corrected chi connectivity index (χ1v) is 19.9. The molecule has 0 radical (unpaired) electrons. The Bertz CT molecular complexity index is 1700. The summed E-state index contributed by atoms with van der Waals surface area (Å²) >= 11 is 2.38. The van der Waals surface area contributed by atoms with Crippen molar-refractivity contribution in [3.05, 3.63) is 96.1 Å². The second-order valence-electron chi connectivity index (χ2n) is 15.1. The standard InChI is InChI=1S/C21H25IO4.C21H26O5/c2*1-4-21(13-22)18(17-19(26-21)25-20(2,3)24-17)23-12-14-9-10-15-7-5-6-8-16(15)11-14/h5-11,17-19H,4,12-13H2,1-3H3;5-11,17-19,22H,4,12-13H2,1-3H3/t2*17-,18+,19+,21+/m11/s1. The molecule has 4 aliphatic heterocycles. The summed E-state index contributed by atoms with van der Waals surface area (Å²) in [4.78, 5) is 0. The molecule has 0 aromatic heterocycles. The van der Waals surface area contributed by atoms with Gasteiger partial charge in [-0.1, -0.05) is 109 Å². The van der Waals surface area contributed by atoms with E-state index < -0.39 is 29.6 Å². The molecule has 0 spiro atoms. The average molecular weight is 827 g/mol. The van der Waals surface area contributed by atoms with Gasteiger partial charge in [-0.05, 0) is 85.3 Å². The lowest BCUT2D eigenvalue weighted by Crippen LogP contribution is -2.49. The van der Waals surface area contributed by atoms with Crippen LogP contribution in [0.5, 0.6) is 0 Å². The lowest BCUT2D eigenvalue weighted by atomic mass is 9.93. The largest absolute Gasteiger partial charge is 0.393 e. The Morgan fingerprint density at radius 3 is 1.42 bits per heavy atom. The molecule has 8 rings (SSSR count). The number of aliphatic hydroxyl groups excluding tert-OH is 1. The van der Waals surface area contributed by atoms with Crippen molar-refractivity contribution >= 4 is 44.1 Å². The predicted molar refractivity (Wildman–Crippen MR) is 207 cm³/mol. The molecule has 0 amide bonds. The smallest absolute Gasteiger partial charge is 0.190 e. The fourth-order valence-electron chi connectivity index (χ4n) is 7.84. The Kier molecular flexibility index (Phi) is 11.1. The van der Waals surface area contributed by atoms with Crippen LogP contribution in [0.25, 0.3) is 21.5 Å². The highest BCUT2D eigenvalue weighted by molar-refractivity contribution is 14.1. The van der Waals surface area contributed by atoms with Gasteiger partial charge in [0.2, 0.25) is 0 Å². The predicted octanol–water partition coefficient (Wildman–Crippen LogP) is 8.19. The summed E-state index contributed by atoms with van der Waals surface area (Å²) in [6, 6.07) is 29.4. The first-order valence-electron chi connectivity index (χ1n) is 18.3. The number of hydrogen-bond donors (Lipinski definition) is 1. The zero-order valence-corrected chi connectivity index (χ0v) is 33.0. The molecule has 52 heavy (non-hydrogen) atoms. The molecule has 4 fully saturated rings. The van der Waals surface area contributed by atoms with Crippen molar-refractivity contribution in [2.24, 2.45) is 0 Å². The van der Waals surface area contributed by atoms with Gasteiger partial charge in [0.25, 0.3) is 0 Å². The van der Waals surface area contributed by atoms with E-state index in [1.165, 1.54) is 21.5 Å². The molecule has 4 aliphatic rings. The fraction of sp³-hybridized carbons (Fsp3) is 0.524. The second-order valence-corrected chi connectivity index (χ2v) is 15.9. The summed E-state index contributed by atoms with van der Waals surface area (Å²) < 4.78 is 49.8. The molecule has 280 valence electrons. The molecule has 4 aromatic rings. The Balaban J connectivity index is 0.000000162. The molecule has 8 atom stereocenters. The van der Waals surface area contributed by atoms with Crippen LogP contribution in [-0.2, 0) is 51.1 Å². The topological polar surface area (TPSA) is 94.1 Å². The minimum absolute atomic E-state index is 0.133.